The van der Waals surface area contributed by atoms with Crippen molar-refractivity contribution in [3.8, 4) is 5.75 Å². The van der Waals surface area contributed by atoms with E-state index in [4.69, 9.17) is 11.6 Å². The zero-order chi connectivity index (χ0) is 13.9. The van der Waals surface area contributed by atoms with Gasteiger partial charge in [0.25, 0.3) is 5.91 Å². The molecule has 0 heterocycles. The Balaban J connectivity index is 2.01. The SMILES string of the molecule is O=C(NCC1(CCl)CCCC1)c1ccc(Br)cc1O. The van der Waals surface area contributed by atoms with Crippen LogP contribution in [0.25, 0.3) is 0 Å². The number of rotatable bonds is 4. The van der Waals surface area contributed by atoms with Crippen LogP contribution in [0, 0.1) is 5.41 Å². The Kier molecular flexibility index (Phi) is 4.74. The molecule has 1 fully saturated rings. The van der Waals surface area contributed by atoms with Gasteiger partial charge in [-0.3, -0.25) is 4.79 Å². The van der Waals surface area contributed by atoms with Crippen molar-refractivity contribution in [1.29, 1.82) is 0 Å². The van der Waals surface area contributed by atoms with E-state index in [9.17, 15) is 9.90 Å². The van der Waals surface area contributed by atoms with Crippen LogP contribution in [-0.4, -0.2) is 23.4 Å². The monoisotopic (exact) mass is 345 g/mol. The van der Waals surface area contributed by atoms with E-state index in [1.807, 2.05) is 0 Å². The number of amides is 1. The summed E-state index contributed by atoms with van der Waals surface area (Å²) >= 11 is 9.29. The number of carbonyl (C=O) groups excluding carboxylic acids is 1. The molecule has 0 aliphatic heterocycles. The van der Waals surface area contributed by atoms with Gasteiger partial charge >= 0.3 is 0 Å². The molecular formula is C14H17BrClNO2. The fourth-order valence-electron chi connectivity index (χ4n) is 2.54. The molecule has 1 saturated carbocycles. The third kappa shape index (κ3) is 3.42. The number of aromatic hydroxyl groups is 1. The summed E-state index contributed by atoms with van der Waals surface area (Å²) in [5.74, 6) is 0.305. The molecule has 0 aromatic heterocycles. The predicted molar refractivity (Wildman–Crippen MR) is 79.8 cm³/mol. The Bertz CT molecular complexity index is 473. The van der Waals surface area contributed by atoms with Crippen molar-refractivity contribution in [3.63, 3.8) is 0 Å². The van der Waals surface area contributed by atoms with Crippen LogP contribution in [0.2, 0.25) is 0 Å². The van der Waals surface area contributed by atoms with Crippen LogP contribution in [-0.2, 0) is 0 Å². The van der Waals surface area contributed by atoms with Crippen LogP contribution < -0.4 is 5.32 Å². The van der Waals surface area contributed by atoms with E-state index in [1.165, 1.54) is 18.9 Å². The van der Waals surface area contributed by atoms with Crippen molar-refractivity contribution < 1.29 is 9.90 Å². The zero-order valence-corrected chi connectivity index (χ0v) is 12.9. The second kappa shape index (κ2) is 6.14. The van der Waals surface area contributed by atoms with Gasteiger partial charge in [-0.2, -0.15) is 0 Å². The Morgan fingerprint density at radius 1 is 1.42 bits per heavy atom. The molecule has 2 rings (SSSR count). The first-order valence-electron chi connectivity index (χ1n) is 6.39. The molecule has 0 unspecified atom stereocenters. The van der Waals surface area contributed by atoms with Gasteiger partial charge in [0.1, 0.15) is 5.75 Å². The molecule has 1 amide bonds. The maximum Gasteiger partial charge on any atom is 0.255 e. The van der Waals surface area contributed by atoms with Crippen molar-refractivity contribution in [2.75, 3.05) is 12.4 Å². The normalized spacial score (nSPS) is 17.4. The lowest BCUT2D eigenvalue weighted by Gasteiger charge is -2.26. The highest BCUT2D eigenvalue weighted by molar-refractivity contribution is 9.10. The first-order chi connectivity index (χ1) is 9.06. The van der Waals surface area contributed by atoms with E-state index in [0.717, 1.165) is 17.3 Å². The summed E-state index contributed by atoms with van der Waals surface area (Å²) in [7, 11) is 0. The standard InChI is InChI=1S/C14H17BrClNO2/c15-10-3-4-11(12(18)7-10)13(19)17-9-14(8-16)5-1-2-6-14/h3-4,7,18H,1-2,5-6,8-9H2,(H,17,19). The summed E-state index contributed by atoms with van der Waals surface area (Å²) in [5, 5.41) is 12.7. The lowest BCUT2D eigenvalue weighted by atomic mass is 9.88. The molecular weight excluding hydrogens is 330 g/mol. The van der Waals surface area contributed by atoms with E-state index in [1.54, 1.807) is 12.1 Å². The molecule has 1 aromatic carbocycles. The Morgan fingerprint density at radius 3 is 2.68 bits per heavy atom. The average Bonchev–Trinajstić information content (AvgIpc) is 2.85. The molecule has 5 heteroatoms. The number of benzene rings is 1. The summed E-state index contributed by atoms with van der Waals surface area (Å²) in [6.45, 7) is 0.574. The minimum absolute atomic E-state index is 0.0155. The fraction of sp³-hybridized carbons (Fsp3) is 0.500. The molecule has 1 aromatic rings. The summed E-state index contributed by atoms with van der Waals surface area (Å²) in [6.07, 6.45) is 4.46. The summed E-state index contributed by atoms with van der Waals surface area (Å²) in [4.78, 5) is 12.1. The van der Waals surface area contributed by atoms with Crippen LogP contribution in [0.3, 0.4) is 0 Å². The molecule has 0 saturated heterocycles. The second-order valence-corrected chi connectivity index (χ2v) is 6.37. The summed E-state index contributed by atoms with van der Waals surface area (Å²) in [6, 6.07) is 4.86. The van der Waals surface area contributed by atoms with Crippen LogP contribution in [0.5, 0.6) is 5.75 Å². The van der Waals surface area contributed by atoms with E-state index >= 15 is 0 Å². The fourth-order valence-corrected chi connectivity index (χ4v) is 3.25. The van der Waals surface area contributed by atoms with Crippen LogP contribution >= 0.6 is 27.5 Å². The largest absolute Gasteiger partial charge is 0.507 e. The zero-order valence-electron chi connectivity index (χ0n) is 10.6. The molecule has 0 radical (unpaired) electrons. The van der Waals surface area contributed by atoms with E-state index in [0.29, 0.717) is 18.0 Å². The van der Waals surface area contributed by atoms with Gasteiger partial charge in [-0.15, -0.1) is 11.6 Å². The number of alkyl halides is 1. The van der Waals surface area contributed by atoms with Gasteiger partial charge in [0.15, 0.2) is 0 Å². The average molecular weight is 347 g/mol. The maximum atomic E-state index is 12.1. The van der Waals surface area contributed by atoms with Gasteiger partial charge < -0.3 is 10.4 Å². The topological polar surface area (TPSA) is 49.3 Å². The molecule has 3 nitrogen and oxygen atoms in total. The van der Waals surface area contributed by atoms with Gasteiger partial charge in [-0.25, -0.2) is 0 Å². The van der Waals surface area contributed by atoms with Crippen molar-refractivity contribution >= 4 is 33.4 Å². The molecule has 0 bridgehead atoms. The van der Waals surface area contributed by atoms with E-state index in [2.05, 4.69) is 21.2 Å². The van der Waals surface area contributed by atoms with E-state index < -0.39 is 0 Å². The smallest absolute Gasteiger partial charge is 0.255 e. The highest BCUT2D eigenvalue weighted by Gasteiger charge is 2.33. The molecule has 1 aliphatic carbocycles. The minimum Gasteiger partial charge on any atom is -0.507 e. The van der Waals surface area contributed by atoms with Crippen molar-refractivity contribution in [2.45, 2.75) is 25.7 Å². The van der Waals surface area contributed by atoms with Gasteiger partial charge in [0, 0.05) is 22.3 Å². The number of carbonyl (C=O) groups is 1. The van der Waals surface area contributed by atoms with E-state index in [-0.39, 0.29) is 17.1 Å². The number of hydrogen-bond donors (Lipinski definition) is 2. The number of phenolic OH excluding ortho intramolecular Hbond substituents is 1. The number of phenols is 1. The van der Waals surface area contributed by atoms with Crippen molar-refractivity contribution in [3.05, 3.63) is 28.2 Å². The van der Waals surface area contributed by atoms with Crippen molar-refractivity contribution in [2.24, 2.45) is 5.41 Å². The summed E-state index contributed by atoms with van der Waals surface area (Å²) < 4.78 is 0.745. The Hall–Kier alpha value is -0.740. The Morgan fingerprint density at radius 2 is 2.11 bits per heavy atom. The van der Waals surface area contributed by atoms with Crippen molar-refractivity contribution in [1.82, 2.24) is 5.32 Å². The Labute approximate surface area is 126 Å². The number of halogens is 2. The highest BCUT2D eigenvalue weighted by Crippen LogP contribution is 2.38. The minimum atomic E-state index is -0.249. The molecule has 0 atom stereocenters. The quantitative estimate of drug-likeness (QED) is 0.817. The lowest BCUT2D eigenvalue weighted by molar-refractivity contribution is 0.0932. The summed E-state index contributed by atoms with van der Waals surface area (Å²) in [5.41, 5.74) is 0.327. The first-order valence-corrected chi connectivity index (χ1v) is 7.72. The molecule has 19 heavy (non-hydrogen) atoms. The molecule has 1 aliphatic rings. The van der Waals surface area contributed by atoms with Crippen LogP contribution in [0.1, 0.15) is 36.0 Å². The number of nitrogens with one attached hydrogen (secondary N) is 1. The lowest BCUT2D eigenvalue weighted by Crippen LogP contribution is -2.37. The molecule has 0 spiro atoms. The predicted octanol–water partition coefficient (Wildman–Crippen LogP) is 3.68. The maximum absolute atomic E-state index is 12.1. The molecule has 2 N–H and O–H groups in total. The van der Waals surface area contributed by atoms with Crippen LogP contribution in [0.4, 0.5) is 0 Å². The third-order valence-corrected chi connectivity index (χ3v) is 4.84. The first kappa shape index (κ1) is 14.7. The second-order valence-electron chi connectivity index (χ2n) is 5.18. The van der Waals surface area contributed by atoms with Gasteiger partial charge in [0.05, 0.1) is 5.56 Å². The van der Waals surface area contributed by atoms with Gasteiger partial charge in [0.2, 0.25) is 0 Å². The number of hydrogen-bond acceptors (Lipinski definition) is 2. The third-order valence-electron chi connectivity index (χ3n) is 3.78. The molecule has 104 valence electrons. The van der Waals surface area contributed by atoms with Gasteiger partial charge in [-0.1, -0.05) is 28.8 Å². The highest BCUT2D eigenvalue weighted by atomic mass is 79.9. The van der Waals surface area contributed by atoms with Crippen LogP contribution in [0.15, 0.2) is 22.7 Å². The van der Waals surface area contributed by atoms with Gasteiger partial charge in [-0.05, 0) is 31.0 Å².